The topological polar surface area (TPSA) is 116 Å². The van der Waals surface area contributed by atoms with Crippen LogP contribution in [0.25, 0.3) is 0 Å². The highest BCUT2D eigenvalue weighted by Crippen LogP contribution is 2.53. The van der Waals surface area contributed by atoms with E-state index in [2.05, 4.69) is 5.32 Å². The van der Waals surface area contributed by atoms with E-state index < -0.39 is 41.9 Å². The van der Waals surface area contributed by atoms with Crippen LogP contribution in [0.1, 0.15) is 45.6 Å². The fourth-order valence-corrected chi connectivity index (χ4v) is 4.78. The number of nitrogens with zero attached hydrogens (tertiary/aromatic N) is 1. The Morgan fingerprint density at radius 1 is 1.45 bits per heavy atom. The van der Waals surface area contributed by atoms with E-state index in [1.807, 2.05) is 25.7 Å². The summed E-state index contributed by atoms with van der Waals surface area (Å²) in [5.74, 6) is -1.26. The molecule has 3 unspecified atom stereocenters. The third kappa shape index (κ3) is 3.89. The van der Waals surface area contributed by atoms with E-state index in [0.717, 1.165) is 0 Å². The first-order valence-electron chi connectivity index (χ1n) is 9.95. The van der Waals surface area contributed by atoms with E-state index in [1.165, 1.54) is 12.1 Å². The van der Waals surface area contributed by atoms with Crippen molar-refractivity contribution in [1.82, 2.24) is 4.90 Å². The van der Waals surface area contributed by atoms with Crippen molar-refractivity contribution in [1.29, 1.82) is 0 Å². The first-order chi connectivity index (χ1) is 13.5. The monoisotopic (exact) mass is 407 g/mol. The van der Waals surface area contributed by atoms with E-state index in [4.69, 9.17) is 5.73 Å². The molecule has 0 radical (unpaired) electrons. The maximum atomic E-state index is 14.1. The summed E-state index contributed by atoms with van der Waals surface area (Å²) in [6.45, 7) is 6.02. The first-order valence-corrected chi connectivity index (χ1v) is 9.95. The number of nitrogens with two attached hydrogens (primary N) is 1. The Bertz CT molecular complexity index is 810. The van der Waals surface area contributed by atoms with Gasteiger partial charge < -0.3 is 21.3 Å². The van der Waals surface area contributed by atoms with Crippen LogP contribution < -0.4 is 11.1 Å². The number of carbonyl (C=O) groups excluding carboxylic acids is 2. The number of hydrogen-bond acceptors (Lipinski definition) is 5. The highest BCUT2D eigenvalue weighted by Gasteiger charge is 2.62. The van der Waals surface area contributed by atoms with Crippen molar-refractivity contribution >= 4 is 17.5 Å². The zero-order valence-electron chi connectivity index (χ0n) is 17.1. The van der Waals surface area contributed by atoms with Gasteiger partial charge in [-0.05, 0) is 48.4 Å². The maximum absolute atomic E-state index is 14.1. The Balaban J connectivity index is 2.11. The van der Waals surface area contributed by atoms with Crippen LogP contribution in [0.2, 0.25) is 0 Å². The molecule has 8 heteroatoms. The van der Waals surface area contributed by atoms with Crippen LogP contribution in [0.15, 0.2) is 18.2 Å². The van der Waals surface area contributed by atoms with Crippen LogP contribution in [-0.2, 0) is 15.0 Å². The maximum Gasteiger partial charge on any atom is 0.236 e. The fraction of sp³-hybridized carbons (Fsp3) is 0.619. The molecule has 0 aliphatic carbocycles. The van der Waals surface area contributed by atoms with Gasteiger partial charge in [-0.2, -0.15) is 0 Å². The SMILES string of the molecule is CC(C)(C)CC1N(CC[C@H](O)CO)C(C(N)=O)CC12C(=O)Nc1ccc(F)cc12. The second kappa shape index (κ2) is 7.66. The number of amides is 2. The molecule has 0 saturated carbocycles. The molecule has 4 atom stereocenters. The number of aliphatic hydroxyl groups is 2. The van der Waals surface area contributed by atoms with E-state index >= 15 is 0 Å². The number of aliphatic hydroxyl groups excluding tert-OH is 2. The molecule has 0 aromatic heterocycles. The lowest BCUT2D eigenvalue weighted by atomic mass is 9.69. The average molecular weight is 407 g/mol. The van der Waals surface area contributed by atoms with Gasteiger partial charge in [-0.1, -0.05) is 20.8 Å². The van der Waals surface area contributed by atoms with Crippen LogP contribution in [0, 0.1) is 11.2 Å². The van der Waals surface area contributed by atoms with Crippen molar-refractivity contribution in [3.8, 4) is 0 Å². The van der Waals surface area contributed by atoms with Gasteiger partial charge in [-0.3, -0.25) is 14.5 Å². The summed E-state index contributed by atoms with van der Waals surface area (Å²) < 4.78 is 14.1. The van der Waals surface area contributed by atoms with Gasteiger partial charge in [-0.25, -0.2) is 4.39 Å². The molecule has 1 saturated heterocycles. The highest BCUT2D eigenvalue weighted by molar-refractivity contribution is 6.08. The summed E-state index contributed by atoms with van der Waals surface area (Å²) in [6, 6.07) is 3.07. The van der Waals surface area contributed by atoms with Crippen LogP contribution >= 0.6 is 0 Å². The number of rotatable bonds is 6. The van der Waals surface area contributed by atoms with E-state index in [1.54, 1.807) is 6.07 Å². The van der Waals surface area contributed by atoms with Crippen molar-refractivity contribution in [2.75, 3.05) is 18.5 Å². The lowest BCUT2D eigenvalue weighted by molar-refractivity contribution is -0.123. The molecular weight excluding hydrogens is 377 g/mol. The summed E-state index contributed by atoms with van der Waals surface area (Å²) in [5, 5.41) is 21.9. The van der Waals surface area contributed by atoms with Gasteiger partial charge in [0.25, 0.3) is 0 Å². The molecule has 2 amide bonds. The van der Waals surface area contributed by atoms with Crippen molar-refractivity contribution in [3.63, 3.8) is 0 Å². The highest BCUT2D eigenvalue weighted by atomic mass is 19.1. The molecule has 1 aromatic carbocycles. The Morgan fingerprint density at radius 2 is 2.14 bits per heavy atom. The molecule has 3 rings (SSSR count). The normalized spacial score (nSPS) is 27.9. The Hall–Kier alpha value is -2.03. The first kappa shape index (κ1) is 21.7. The van der Waals surface area contributed by atoms with Crippen LogP contribution in [0.4, 0.5) is 10.1 Å². The summed E-state index contributed by atoms with van der Waals surface area (Å²) in [4.78, 5) is 27.5. The van der Waals surface area contributed by atoms with E-state index in [0.29, 0.717) is 17.7 Å². The molecule has 2 aliphatic heterocycles. The molecule has 29 heavy (non-hydrogen) atoms. The molecule has 1 aromatic rings. The zero-order chi connectivity index (χ0) is 21.6. The van der Waals surface area contributed by atoms with Crippen LogP contribution in [-0.4, -0.2) is 58.3 Å². The fourth-order valence-electron chi connectivity index (χ4n) is 4.78. The van der Waals surface area contributed by atoms with Crippen molar-refractivity contribution in [2.24, 2.45) is 11.1 Å². The van der Waals surface area contributed by atoms with Crippen molar-refractivity contribution in [3.05, 3.63) is 29.6 Å². The van der Waals surface area contributed by atoms with Crippen molar-refractivity contribution in [2.45, 2.75) is 63.6 Å². The van der Waals surface area contributed by atoms with Gasteiger partial charge in [0.15, 0.2) is 0 Å². The van der Waals surface area contributed by atoms with Gasteiger partial charge in [0.2, 0.25) is 11.8 Å². The third-order valence-corrected chi connectivity index (χ3v) is 6.07. The zero-order valence-corrected chi connectivity index (χ0v) is 17.1. The smallest absolute Gasteiger partial charge is 0.236 e. The summed E-state index contributed by atoms with van der Waals surface area (Å²) in [5.41, 5.74) is 5.51. The Morgan fingerprint density at radius 3 is 2.72 bits per heavy atom. The van der Waals surface area contributed by atoms with Gasteiger partial charge in [0, 0.05) is 18.3 Å². The van der Waals surface area contributed by atoms with E-state index in [9.17, 15) is 24.2 Å². The van der Waals surface area contributed by atoms with Gasteiger partial charge in [0.1, 0.15) is 5.82 Å². The molecule has 1 fully saturated rings. The number of halogens is 1. The predicted octanol–water partition coefficient (Wildman–Crippen LogP) is 1.12. The molecule has 0 bridgehead atoms. The Kier molecular flexibility index (Phi) is 5.73. The molecule has 1 spiro atoms. The van der Waals surface area contributed by atoms with Gasteiger partial charge in [-0.15, -0.1) is 0 Å². The molecule has 7 nitrogen and oxygen atoms in total. The van der Waals surface area contributed by atoms with E-state index in [-0.39, 0.29) is 30.7 Å². The molecule has 5 N–H and O–H groups in total. The quantitative estimate of drug-likeness (QED) is 0.564. The molecular formula is C21H30FN3O4. The second-order valence-corrected chi connectivity index (χ2v) is 9.38. The lowest BCUT2D eigenvalue weighted by Gasteiger charge is -2.38. The summed E-state index contributed by atoms with van der Waals surface area (Å²) in [6.07, 6.45) is 0.0161. The minimum absolute atomic E-state index is 0.153. The van der Waals surface area contributed by atoms with Crippen molar-refractivity contribution < 1.29 is 24.2 Å². The number of primary amides is 1. The number of hydrogen-bond donors (Lipinski definition) is 4. The minimum atomic E-state index is -1.10. The minimum Gasteiger partial charge on any atom is -0.394 e. The number of fused-ring (bicyclic) bond motifs is 2. The standard InChI is InChI=1S/C21H30FN3O4/c1-20(2,3)10-17-21(14-8-12(22)4-5-15(14)24-19(21)29)9-16(18(23)28)25(17)7-6-13(27)11-26/h4-5,8,13,16-17,26-27H,6-7,9-11H2,1-3H3,(H2,23,28)(H,24,29)/t13-,16?,17?,21?/m0/s1. The molecule has 160 valence electrons. The number of likely N-dealkylation sites (tertiary alicyclic amines) is 1. The number of carbonyl (C=O) groups is 2. The second-order valence-electron chi connectivity index (χ2n) is 9.38. The Labute approximate surface area is 170 Å². The lowest BCUT2D eigenvalue weighted by Crippen LogP contribution is -2.51. The number of anilines is 1. The van der Waals surface area contributed by atoms with Crippen LogP contribution in [0.5, 0.6) is 0 Å². The number of nitrogens with one attached hydrogen (secondary N) is 1. The summed E-state index contributed by atoms with van der Waals surface area (Å²) >= 11 is 0. The molecule has 2 aliphatic rings. The largest absolute Gasteiger partial charge is 0.394 e. The van der Waals surface area contributed by atoms with Gasteiger partial charge >= 0.3 is 0 Å². The third-order valence-electron chi connectivity index (χ3n) is 6.07. The number of benzene rings is 1. The van der Waals surface area contributed by atoms with Crippen LogP contribution in [0.3, 0.4) is 0 Å². The average Bonchev–Trinajstić information content (AvgIpc) is 3.08. The van der Waals surface area contributed by atoms with Gasteiger partial charge in [0.05, 0.1) is 24.2 Å². The molecule has 2 heterocycles. The summed E-state index contributed by atoms with van der Waals surface area (Å²) in [7, 11) is 0. The predicted molar refractivity (Wildman–Crippen MR) is 107 cm³/mol.